The molecule has 3 aromatic heterocycles. The molecule has 2 aromatic carbocycles. The van der Waals surface area contributed by atoms with Crippen molar-refractivity contribution in [1.82, 2.24) is 19.5 Å². The zero-order valence-electron chi connectivity index (χ0n) is 18.1. The third-order valence-electron chi connectivity index (χ3n) is 5.64. The van der Waals surface area contributed by atoms with Crippen molar-refractivity contribution in [2.45, 2.75) is 13.3 Å². The maximum Gasteiger partial charge on any atom is 0.340 e. The van der Waals surface area contributed by atoms with E-state index in [-0.39, 0.29) is 22.1 Å². The summed E-state index contributed by atoms with van der Waals surface area (Å²) in [6, 6.07) is 10.5. The van der Waals surface area contributed by atoms with E-state index in [9.17, 15) is 18.0 Å². The molecule has 0 N–H and O–H groups in total. The summed E-state index contributed by atoms with van der Waals surface area (Å²) in [6.45, 7) is 1.87. The maximum atomic E-state index is 14.9. The van der Waals surface area contributed by atoms with Crippen LogP contribution in [0.4, 0.5) is 13.2 Å². The number of pyridine rings is 2. The van der Waals surface area contributed by atoms with E-state index in [2.05, 4.69) is 15.0 Å². The Morgan fingerprint density at radius 3 is 2.62 bits per heavy atom. The fourth-order valence-electron chi connectivity index (χ4n) is 4.13. The van der Waals surface area contributed by atoms with Gasteiger partial charge in [0.1, 0.15) is 17.2 Å². The monoisotopic (exact) mass is 462 g/mol. The highest BCUT2D eigenvalue weighted by atomic mass is 19.2. The molecular formula is C25H17F3N4O2. The maximum absolute atomic E-state index is 14.9. The highest BCUT2D eigenvalue weighted by Gasteiger charge is 2.23. The lowest BCUT2D eigenvalue weighted by atomic mass is 10.0. The van der Waals surface area contributed by atoms with Gasteiger partial charge in [0.15, 0.2) is 5.82 Å². The van der Waals surface area contributed by atoms with Crippen molar-refractivity contribution in [2.24, 2.45) is 0 Å². The van der Waals surface area contributed by atoms with E-state index >= 15 is 0 Å². The summed E-state index contributed by atoms with van der Waals surface area (Å²) in [7, 11) is 1.22. The van der Waals surface area contributed by atoms with Crippen molar-refractivity contribution in [1.29, 1.82) is 0 Å². The number of imidazole rings is 1. The van der Waals surface area contributed by atoms with Crippen molar-refractivity contribution >= 4 is 27.9 Å². The minimum atomic E-state index is -1.26. The Kier molecular flexibility index (Phi) is 5.24. The van der Waals surface area contributed by atoms with Crippen molar-refractivity contribution in [3.63, 3.8) is 0 Å². The largest absolute Gasteiger partial charge is 0.465 e. The van der Waals surface area contributed by atoms with E-state index < -0.39 is 23.6 Å². The average Bonchev–Trinajstić information content (AvgIpc) is 3.23. The number of aryl methyl sites for hydroxylation is 1. The van der Waals surface area contributed by atoms with E-state index in [1.807, 2.05) is 6.92 Å². The molecule has 0 saturated heterocycles. The van der Waals surface area contributed by atoms with Gasteiger partial charge >= 0.3 is 5.97 Å². The SMILES string of the molecule is CCc1nc2c(C(=O)OC)cc(-c3ccnc(F)c3F)cc2n1-c1ccnc2cccc(F)c12. The van der Waals surface area contributed by atoms with Crippen LogP contribution >= 0.6 is 0 Å². The lowest BCUT2D eigenvalue weighted by Gasteiger charge is -2.13. The summed E-state index contributed by atoms with van der Waals surface area (Å²) in [5, 5.41) is 0.269. The lowest BCUT2D eigenvalue weighted by molar-refractivity contribution is 0.0603. The summed E-state index contributed by atoms with van der Waals surface area (Å²) in [5.74, 6) is -3.05. The molecule has 0 fully saturated rings. The molecule has 0 aliphatic carbocycles. The third-order valence-corrected chi connectivity index (χ3v) is 5.64. The number of ether oxygens (including phenoxy) is 1. The Morgan fingerprint density at radius 1 is 1.06 bits per heavy atom. The number of hydrogen-bond acceptors (Lipinski definition) is 5. The molecule has 0 unspecified atom stereocenters. The fraction of sp³-hybridized carbons (Fsp3) is 0.120. The molecule has 0 aliphatic heterocycles. The van der Waals surface area contributed by atoms with Crippen LogP contribution in [-0.2, 0) is 11.2 Å². The van der Waals surface area contributed by atoms with Gasteiger partial charge < -0.3 is 4.74 Å². The number of fused-ring (bicyclic) bond motifs is 2. The lowest BCUT2D eigenvalue weighted by Crippen LogP contribution is -2.05. The summed E-state index contributed by atoms with van der Waals surface area (Å²) in [4.78, 5) is 24.9. The molecule has 3 heterocycles. The van der Waals surface area contributed by atoms with Crippen LogP contribution in [0.3, 0.4) is 0 Å². The number of methoxy groups -OCH3 is 1. The van der Waals surface area contributed by atoms with E-state index in [1.54, 1.807) is 35.0 Å². The summed E-state index contributed by atoms with van der Waals surface area (Å²) in [6.07, 6.45) is 3.13. The topological polar surface area (TPSA) is 69.9 Å². The van der Waals surface area contributed by atoms with Crippen LogP contribution in [0.25, 0.3) is 38.8 Å². The van der Waals surface area contributed by atoms with Crippen LogP contribution in [0.1, 0.15) is 23.1 Å². The number of benzene rings is 2. The molecule has 0 saturated carbocycles. The molecule has 0 bridgehead atoms. The second kappa shape index (κ2) is 8.26. The number of carbonyl (C=O) groups excluding carboxylic acids is 1. The zero-order valence-corrected chi connectivity index (χ0v) is 18.1. The van der Waals surface area contributed by atoms with Gasteiger partial charge in [0.25, 0.3) is 0 Å². The van der Waals surface area contributed by atoms with Crippen LogP contribution in [0.2, 0.25) is 0 Å². The van der Waals surface area contributed by atoms with E-state index in [0.29, 0.717) is 34.5 Å². The van der Waals surface area contributed by atoms with Crippen LogP contribution < -0.4 is 0 Å². The van der Waals surface area contributed by atoms with Crippen LogP contribution in [0, 0.1) is 17.6 Å². The van der Waals surface area contributed by atoms with Crippen molar-refractivity contribution in [2.75, 3.05) is 7.11 Å². The molecule has 0 amide bonds. The standard InChI is InChI=1S/C25H17F3N4O2/c1-3-20-31-23-15(25(33)34-2)11-13(14-7-9-30-24(28)22(14)27)12-19(23)32(20)18-8-10-29-17-6-4-5-16(26)21(17)18/h4-12H,3H2,1-2H3. The molecule has 0 radical (unpaired) electrons. The first-order valence-electron chi connectivity index (χ1n) is 10.4. The van der Waals surface area contributed by atoms with Crippen LogP contribution in [-0.4, -0.2) is 32.6 Å². The van der Waals surface area contributed by atoms with Gasteiger partial charge in [-0.05, 0) is 42.0 Å². The molecule has 0 spiro atoms. The van der Waals surface area contributed by atoms with Gasteiger partial charge in [0, 0.05) is 24.4 Å². The van der Waals surface area contributed by atoms with Crippen molar-refractivity contribution in [3.05, 3.63) is 83.8 Å². The number of hydrogen-bond donors (Lipinski definition) is 0. The second-order valence-corrected chi connectivity index (χ2v) is 7.53. The number of esters is 1. The Hall–Kier alpha value is -4.27. The minimum absolute atomic E-state index is 0.0684. The van der Waals surface area contributed by atoms with E-state index in [4.69, 9.17) is 4.74 Å². The van der Waals surface area contributed by atoms with Crippen LogP contribution in [0.5, 0.6) is 0 Å². The average molecular weight is 462 g/mol. The summed E-state index contributed by atoms with van der Waals surface area (Å²) in [5.41, 5.74) is 1.79. The predicted octanol–water partition coefficient (Wildman–Crippen LogP) is 5.40. The predicted molar refractivity (Wildman–Crippen MR) is 120 cm³/mol. The Balaban J connectivity index is 1.93. The van der Waals surface area contributed by atoms with E-state index in [0.717, 1.165) is 6.20 Å². The molecule has 5 rings (SSSR count). The van der Waals surface area contributed by atoms with Gasteiger partial charge in [0.05, 0.1) is 34.8 Å². The first kappa shape index (κ1) is 21.6. The summed E-state index contributed by atoms with van der Waals surface area (Å²) >= 11 is 0. The van der Waals surface area contributed by atoms with Crippen molar-refractivity contribution in [3.8, 4) is 16.8 Å². The normalized spacial score (nSPS) is 11.3. The number of nitrogens with zero attached hydrogens (tertiary/aromatic N) is 4. The smallest absolute Gasteiger partial charge is 0.340 e. The quantitative estimate of drug-likeness (QED) is 0.264. The van der Waals surface area contributed by atoms with Gasteiger partial charge in [0.2, 0.25) is 5.95 Å². The van der Waals surface area contributed by atoms with Crippen molar-refractivity contribution < 1.29 is 22.7 Å². The number of rotatable bonds is 4. The number of halogens is 3. The highest BCUT2D eigenvalue weighted by Crippen LogP contribution is 2.34. The first-order chi connectivity index (χ1) is 16.4. The molecule has 170 valence electrons. The molecule has 0 aliphatic rings. The molecular weight excluding hydrogens is 445 g/mol. The Labute approximate surface area is 191 Å². The van der Waals surface area contributed by atoms with Crippen LogP contribution in [0.15, 0.2) is 54.9 Å². The fourth-order valence-corrected chi connectivity index (χ4v) is 4.13. The number of carbonyl (C=O) groups is 1. The van der Waals surface area contributed by atoms with Gasteiger partial charge in [-0.15, -0.1) is 0 Å². The van der Waals surface area contributed by atoms with E-state index in [1.165, 1.54) is 25.3 Å². The second-order valence-electron chi connectivity index (χ2n) is 7.53. The molecule has 6 nitrogen and oxygen atoms in total. The molecule has 9 heteroatoms. The number of aromatic nitrogens is 4. The zero-order chi connectivity index (χ0) is 24.0. The first-order valence-corrected chi connectivity index (χ1v) is 10.4. The van der Waals surface area contributed by atoms with Gasteiger partial charge in [-0.3, -0.25) is 9.55 Å². The Morgan fingerprint density at radius 2 is 1.85 bits per heavy atom. The molecule has 5 aromatic rings. The highest BCUT2D eigenvalue weighted by molar-refractivity contribution is 6.05. The van der Waals surface area contributed by atoms with Gasteiger partial charge in [-0.25, -0.2) is 23.5 Å². The third kappa shape index (κ3) is 3.28. The van der Waals surface area contributed by atoms with Gasteiger partial charge in [-0.1, -0.05) is 13.0 Å². The minimum Gasteiger partial charge on any atom is -0.465 e. The molecule has 34 heavy (non-hydrogen) atoms. The molecule has 0 atom stereocenters. The van der Waals surface area contributed by atoms with Gasteiger partial charge in [-0.2, -0.15) is 4.39 Å². The summed E-state index contributed by atoms with van der Waals surface area (Å²) < 4.78 is 50.1. The Bertz CT molecular complexity index is 1590.